The van der Waals surface area contributed by atoms with Crippen molar-refractivity contribution in [3.05, 3.63) is 58.7 Å². The first-order valence-corrected chi connectivity index (χ1v) is 10.2. The first-order chi connectivity index (χ1) is 13.6. The molecule has 0 spiro atoms. The van der Waals surface area contributed by atoms with Crippen LogP contribution in [0, 0.1) is 0 Å². The largest absolute Gasteiger partial charge is 0.354 e. The molecule has 144 valence electrons. The molecule has 1 N–H and O–H groups in total. The van der Waals surface area contributed by atoms with Gasteiger partial charge in [-0.25, -0.2) is 0 Å². The van der Waals surface area contributed by atoms with E-state index in [1.807, 2.05) is 24.1 Å². The molecule has 0 bridgehead atoms. The summed E-state index contributed by atoms with van der Waals surface area (Å²) in [5, 5.41) is 3.02. The van der Waals surface area contributed by atoms with Crippen LogP contribution >= 0.6 is 0 Å². The lowest BCUT2D eigenvalue weighted by molar-refractivity contribution is 0.0589. The summed E-state index contributed by atoms with van der Waals surface area (Å²) in [6, 6.07) is 11.6. The maximum absolute atomic E-state index is 12.9. The molecule has 2 aromatic rings. The smallest absolute Gasteiger partial charge is 0.257 e. The third-order valence-electron chi connectivity index (χ3n) is 6.41. The summed E-state index contributed by atoms with van der Waals surface area (Å²) >= 11 is 0. The van der Waals surface area contributed by atoms with Gasteiger partial charge in [-0.1, -0.05) is 6.07 Å². The SMILES string of the molecule is CN1c2cc(C(=O)Nc3ccc4c(c3)CCC4)ccc2C(=O)N2CCCC[C@@H]21. The Morgan fingerprint density at radius 3 is 2.79 bits per heavy atom. The lowest BCUT2D eigenvalue weighted by Gasteiger charge is -2.46. The third-order valence-corrected chi connectivity index (χ3v) is 6.41. The van der Waals surface area contributed by atoms with Gasteiger partial charge >= 0.3 is 0 Å². The Kier molecular flexibility index (Phi) is 4.11. The number of fused-ring (bicyclic) bond motifs is 3. The summed E-state index contributed by atoms with van der Waals surface area (Å²) < 4.78 is 0. The second-order valence-electron chi connectivity index (χ2n) is 8.11. The zero-order valence-electron chi connectivity index (χ0n) is 16.2. The molecule has 0 saturated carbocycles. The molecule has 5 rings (SSSR count). The van der Waals surface area contributed by atoms with Crippen LogP contribution in [0.15, 0.2) is 36.4 Å². The van der Waals surface area contributed by atoms with Crippen LogP contribution in [0.4, 0.5) is 11.4 Å². The molecule has 1 atom stereocenters. The number of carbonyl (C=O) groups is 2. The topological polar surface area (TPSA) is 52.7 Å². The molecule has 1 aliphatic carbocycles. The van der Waals surface area contributed by atoms with E-state index in [1.165, 1.54) is 17.5 Å². The quantitative estimate of drug-likeness (QED) is 0.868. The van der Waals surface area contributed by atoms with E-state index in [9.17, 15) is 9.59 Å². The van der Waals surface area contributed by atoms with Gasteiger partial charge in [0.25, 0.3) is 11.8 Å². The molecule has 28 heavy (non-hydrogen) atoms. The lowest BCUT2D eigenvalue weighted by atomic mass is 9.97. The molecule has 5 nitrogen and oxygen atoms in total. The maximum atomic E-state index is 12.9. The predicted molar refractivity (Wildman–Crippen MR) is 110 cm³/mol. The van der Waals surface area contributed by atoms with Gasteiger partial charge in [0.2, 0.25) is 0 Å². The van der Waals surface area contributed by atoms with Crippen molar-refractivity contribution in [2.75, 3.05) is 23.8 Å². The number of aryl methyl sites for hydroxylation is 2. The molecule has 2 aliphatic heterocycles. The molecule has 5 heteroatoms. The fourth-order valence-corrected chi connectivity index (χ4v) is 4.87. The highest BCUT2D eigenvalue weighted by Crippen LogP contribution is 2.35. The van der Waals surface area contributed by atoms with Crippen LogP contribution in [0.5, 0.6) is 0 Å². The van der Waals surface area contributed by atoms with Gasteiger partial charge in [-0.05, 0) is 80.0 Å². The number of amides is 2. The number of nitrogens with one attached hydrogen (secondary N) is 1. The third kappa shape index (κ3) is 2.77. The minimum Gasteiger partial charge on any atom is -0.354 e. The zero-order valence-corrected chi connectivity index (χ0v) is 16.2. The maximum Gasteiger partial charge on any atom is 0.257 e. The minimum atomic E-state index is -0.132. The van der Waals surface area contributed by atoms with E-state index in [2.05, 4.69) is 22.3 Å². The Morgan fingerprint density at radius 2 is 1.89 bits per heavy atom. The molecule has 0 unspecified atom stereocenters. The Hall–Kier alpha value is -2.82. The molecule has 1 saturated heterocycles. The van der Waals surface area contributed by atoms with E-state index in [1.54, 1.807) is 12.1 Å². The Morgan fingerprint density at radius 1 is 1.04 bits per heavy atom. The highest BCUT2D eigenvalue weighted by atomic mass is 16.2. The van der Waals surface area contributed by atoms with Crippen LogP contribution < -0.4 is 10.2 Å². The van der Waals surface area contributed by atoms with Gasteiger partial charge in [0.1, 0.15) is 6.17 Å². The monoisotopic (exact) mass is 375 g/mol. The second-order valence-corrected chi connectivity index (χ2v) is 8.11. The van der Waals surface area contributed by atoms with E-state index >= 15 is 0 Å². The van der Waals surface area contributed by atoms with E-state index in [-0.39, 0.29) is 18.0 Å². The highest BCUT2D eigenvalue weighted by molar-refractivity contribution is 6.08. The van der Waals surface area contributed by atoms with Gasteiger partial charge in [-0.15, -0.1) is 0 Å². The van der Waals surface area contributed by atoms with Crippen molar-refractivity contribution in [3.8, 4) is 0 Å². The first kappa shape index (κ1) is 17.3. The van der Waals surface area contributed by atoms with Crippen LogP contribution in [0.3, 0.4) is 0 Å². The number of carbonyl (C=O) groups excluding carboxylic acids is 2. The van der Waals surface area contributed by atoms with E-state index in [0.29, 0.717) is 11.1 Å². The highest BCUT2D eigenvalue weighted by Gasteiger charge is 2.37. The lowest BCUT2D eigenvalue weighted by Crippen LogP contribution is -2.55. The van der Waals surface area contributed by atoms with Gasteiger partial charge in [0.15, 0.2) is 0 Å². The molecule has 3 aliphatic rings. The average molecular weight is 375 g/mol. The standard InChI is InChI=1S/C23H25N3O2/c1-25-20-14-17(9-11-19(20)23(28)26-12-3-2-7-21(25)26)22(27)24-18-10-8-15-5-4-6-16(15)13-18/h8-11,13-14,21H,2-7,12H2,1H3,(H,24,27)/t21-/m1/s1. The minimum absolute atomic E-state index is 0.0865. The van der Waals surface area contributed by atoms with E-state index < -0.39 is 0 Å². The molecular weight excluding hydrogens is 350 g/mol. The van der Waals surface area contributed by atoms with Gasteiger partial charge in [0, 0.05) is 24.8 Å². The van der Waals surface area contributed by atoms with Crippen molar-refractivity contribution in [2.24, 2.45) is 0 Å². The number of piperidine rings is 1. The summed E-state index contributed by atoms with van der Waals surface area (Å²) in [4.78, 5) is 29.8. The summed E-state index contributed by atoms with van der Waals surface area (Å²) in [5.74, 6) is -0.0453. The fraction of sp³-hybridized carbons (Fsp3) is 0.391. The van der Waals surface area contributed by atoms with Crippen molar-refractivity contribution in [2.45, 2.75) is 44.7 Å². The van der Waals surface area contributed by atoms with Crippen LogP contribution in [-0.2, 0) is 12.8 Å². The number of benzene rings is 2. The molecule has 2 amide bonds. The normalized spacial score (nSPS) is 20.5. The second kappa shape index (κ2) is 6.66. The molecule has 2 aromatic carbocycles. The summed E-state index contributed by atoms with van der Waals surface area (Å²) in [6.45, 7) is 0.813. The molecule has 0 radical (unpaired) electrons. The number of anilines is 2. The van der Waals surface area contributed by atoms with Gasteiger partial charge in [0.05, 0.1) is 11.3 Å². The van der Waals surface area contributed by atoms with Gasteiger partial charge < -0.3 is 15.1 Å². The van der Waals surface area contributed by atoms with Crippen LogP contribution in [0.2, 0.25) is 0 Å². The Labute approximate surface area is 165 Å². The number of rotatable bonds is 2. The van der Waals surface area contributed by atoms with Crippen LogP contribution in [-0.4, -0.2) is 36.5 Å². The molecule has 0 aromatic heterocycles. The van der Waals surface area contributed by atoms with Crippen LogP contribution in [0.1, 0.15) is 57.5 Å². The van der Waals surface area contributed by atoms with Gasteiger partial charge in [-0.3, -0.25) is 9.59 Å². The molecule has 2 heterocycles. The summed E-state index contributed by atoms with van der Waals surface area (Å²) in [7, 11) is 2.02. The number of nitrogens with zero attached hydrogens (tertiary/aromatic N) is 2. The van der Waals surface area contributed by atoms with Gasteiger partial charge in [-0.2, -0.15) is 0 Å². The Bertz CT molecular complexity index is 968. The zero-order chi connectivity index (χ0) is 19.3. The van der Waals surface area contributed by atoms with Crippen molar-refractivity contribution in [3.63, 3.8) is 0 Å². The first-order valence-electron chi connectivity index (χ1n) is 10.2. The molecule has 1 fully saturated rings. The van der Waals surface area contributed by atoms with E-state index in [0.717, 1.165) is 50.0 Å². The van der Waals surface area contributed by atoms with Crippen molar-refractivity contribution < 1.29 is 9.59 Å². The average Bonchev–Trinajstić information content (AvgIpc) is 3.19. The number of hydrogen-bond donors (Lipinski definition) is 1. The summed E-state index contributed by atoms with van der Waals surface area (Å²) in [6.07, 6.45) is 6.68. The van der Waals surface area contributed by atoms with Crippen molar-refractivity contribution >= 4 is 23.2 Å². The fourth-order valence-electron chi connectivity index (χ4n) is 4.87. The molecular formula is C23H25N3O2. The Balaban J connectivity index is 1.42. The van der Waals surface area contributed by atoms with Crippen molar-refractivity contribution in [1.82, 2.24) is 4.90 Å². The number of hydrogen-bond acceptors (Lipinski definition) is 3. The van der Waals surface area contributed by atoms with Crippen LogP contribution in [0.25, 0.3) is 0 Å². The predicted octanol–water partition coefficient (Wildman–Crippen LogP) is 3.83. The van der Waals surface area contributed by atoms with Crippen molar-refractivity contribution in [1.29, 1.82) is 0 Å². The van der Waals surface area contributed by atoms with E-state index in [4.69, 9.17) is 0 Å². The summed E-state index contributed by atoms with van der Waals surface area (Å²) in [5.41, 5.74) is 5.70.